The molecule has 0 bridgehead atoms. The van der Waals surface area contributed by atoms with E-state index in [1.165, 1.54) is 12.3 Å². The first kappa shape index (κ1) is 12.6. The minimum atomic E-state index is -1.14. The minimum Gasteiger partial charge on any atom is -0.478 e. The lowest BCUT2D eigenvalue weighted by molar-refractivity contribution is 0.0698. The van der Waals surface area contributed by atoms with Crippen molar-refractivity contribution < 1.29 is 19.4 Å². The Morgan fingerprint density at radius 1 is 1.53 bits per heavy atom. The van der Waals surface area contributed by atoms with Gasteiger partial charge in [0.05, 0.1) is 17.8 Å². The second kappa shape index (κ2) is 5.54. The van der Waals surface area contributed by atoms with Crippen molar-refractivity contribution >= 4 is 23.6 Å². The van der Waals surface area contributed by atoms with Crippen LogP contribution in [0.15, 0.2) is 12.3 Å². The largest absolute Gasteiger partial charge is 0.478 e. The van der Waals surface area contributed by atoms with E-state index in [0.717, 1.165) is 0 Å². The van der Waals surface area contributed by atoms with Crippen molar-refractivity contribution in [2.75, 3.05) is 24.2 Å². The first-order valence-electron chi connectivity index (χ1n) is 4.66. The highest BCUT2D eigenvalue weighted by Gasteiger charge is 2.11. The molecule has 1 aromatic rings. The fourth-order valence-electron chi connectivity index (χ4n) is 1.12. The number of aromatic carboxylic acids is 1. The molecule has 1 heterocycles. The standard InChI is InChI=1S/C9H12N4O4/c10-6-5(8(14)15)1-2-12-7(6)13-3-4-17-9(11)16/h1-2H,3-4,10H2,(H2,11,16)(H,12,13)(H,14,15). The molecule has 0 saturated carbocycles. The fourth-order valence-corrected chi connectivity index (χ4v) is 1.12. The maximum Gasteiger partial charge on any atom is 0.404 e. The lowest BCUT2D eigenvalue weighted by Gasteiger charge is -2.09. The van der Waals surface area contributed by atoms with Gasteiger partial charge in [0.15, 0.2) is 0 Å². The first-order valence-corrected chi connectivity index (χ1v) is 4.66. The van der Waals surface area contributed by atoms with Gasteiger partial charge in [-0.2, -0.15) is 0 Å². The summed E-state index contributed by atoms with van der Waals surface area (Å²) in [5.41, 5.74) is 10.3. The van der Waals surface area contributed by atoms with Crippen molar-refractivity contribution in [3.63, 3.8) is 0 Å². The van der Waals surface area contributed by atoms with Crippen LogP contribution in [0.2, 0.25) is 0 Å². The Morgan fingerprint density at radius 3 is 2.82 bits per heavy atom. The topological polar surface area (TPSA) is 141 Å². The molecule has 0 saturated heterocycles. The number of pyridine rings is 1. The third-order valence-corrected chi connectivity index (χ3v) is 1.86. The van der Waals surface area contributed by atoms with Gasteiger partial charge in [0.1, 0.15) is 12.4 Å². The molecule has 0 aromatic carbocycles. The van der Waals surface area contributed by atoms with Crippen molar-refractivity contribution in [3.05, 3.63) is 17.8 Å². The molecule has 0 fully saturated rings. The number of carboxylic acid groups (broad SMARTS) is 1. The summed E-state index contributed by atoms with van der Waals surface area (Å²) in [4.78, 5) is 24.9. The second-order valence-electron chi connectivity index (χ2n) is 3.02. The molecule has 0 aliphatic carbocycles. The first-order chi connectivity index (χ1) is 8.02. The molecule has 17 heavy (non-hydrogen) atoms. The average molecular weight is 240 g/mol. The number of carbonyl (C=O) groups excluding carboxylic acids is 1. The number of nitrogens with one attached hydrogen (secondary N) is 1. The van der Waals surface area contributed by atoms with Gasteiger partial charge in [0.2, 0.25) is 0 Å². The van der Waals surface area contributed by atoms with Crippen LogP contribution in [-0.4, -0.2) is 35.3 Å². The third-order valence-electron chi connectivity index (χ3n) is 1.86. The summed E-state index contributed by atoms with van der Waals surface area (Å²) >= 11 is 0. The normalized spacial score (nSPS) is 9.65. The van der Waals surface area contributed by atoms with Crippen LogP contribution in [0.5, 0.6) is 0 Å². The second-order valence-corrected chi connectivity index (χ2v) is 3.02. The summed E-state index contributed by atoms with van der Waals surface area (Å²) in [6.45, 7) is 0.261. The molecule has 0 aliphatic heterocycles. The van der Waals surface area contributed by atoms with E-state index in [-0.39, 0.29) is 30.2 Å². The van der Waals surface area contributed by atoms with E-state index in [2.05, 4.69) is 15.0 Å². The Balaban J connectivity index is 2.62. The molecule has 0 atom stereocenters. The number of nitrogen functional groups attached to an aromatic ring is 1. The van der Waals surface area contributed by atoms with Crippen LogP contribution in [-0.2, 0) is 4.74 Å². The predicted molar refractivity (Wildman–Crippen MR) is 59.6 cm³/mol. The van der Waals surface area contributed by atoms with Crippen molar-refractivity contribution in [1.29, 1.82) is 0 Å². The summed E-state index contributed by atoms with van der Waals surface area (Å²) in [6.07, 6.45) is 0.434. The summed E-state index contributed by atoms with van der Waals surface area (Å²) in [6, 6.07) is 1.29. The summed E-state index contributed by atoms with van der Waals surface area (Å²) in [5, 5.41) is 11.5. The zero-order chi connectivity index (χ0) is 12.8. The van der Waals surface area contributed by atoms with Crippen molar-refractivity contribution in [3.8, 4) is 0 Å². The number of rotatable bonds is 5. The summed E-state index contributed by atoms with van der Waals surface area (Å²) < 4.78 is 4.47. The molecule has 0 aliphatic rings. The van der Waals surface area contributed by atoms with E-state index in [9.17, 15) is 9.59 Å². The Bertz CT molecular complexity index is 435. The molecule has 8 heteroatoms. The number of carbonyl (C=O) groups is 2. The molecule has 1 aromatic heterocycles. The number of primary amides is 1. The van der Waals surface area contributed by atoms with Crippen LogP contribution in [0, 0.1) is 0 Å². The number of hydrogen-bond donors (Lipinski definition) is 4. The molecule has 0 unspecified atom stereocenters. The van der Waals surface area contributed by atoms with Crippen molar-refractivity contribution in [1.82, 2.24) is 4.98 Å². The number of nitrogens with zero attached hydrogens (tertiary/aromatic N) is 1. The van der Waals surface area contributed by atoms with Gasteiger partial charge in [0.25, 0.3) is 0 Å². The highest BCUT2D eigenvalue weighted by Crippen LogP contribution is 2.19. The molecule has 1 amide bonds. The Labute approximate surface area is 96.6 Å². The van der Waals surface area contributed by atoms with Crippen LogP contribution in [0.25, 0.3) is 0 Å². The highest BCUT2D eigenvalue weighted by molar-refractivity contribution is 5.96. The van der Waals surface area contributed by atoms with Gasteiger partial charge in [-0.05, 0) is 6.07 Å². The molecule has 8 nitrogen and oxygen atoms in total. The van der Waals surface area contributed by atoms with Gasteiger partial charge in [-0.1, -0.05) is 0 Å². The zero-order valence-electron chi connectivity index (χ0n) is 8.84. The maximum absolute atomic E-state index is 10.8. The zero-order valence-corrected chi connectivity index (χ0v) is 8.84. The number of amides is 1. The molecular formula is C9H12N4O4. The molecule has 1 rings (SSSR count). The quantitative estimate of drug-likeness (QED) is 0.525. The lowest BCUT2D eigenvalue weighted by atomic mass is 10.2. The lowest BCUT2D eigenvalue weighted by Crippen LogP contribution is -2.19. The maximum atomic E-state index is 10.8. The Kier molecular flexibility index (Phi) is 4.09. The number of ether oxygens (including phenoxy) is 1. The van der Waals surface area contributed by atoms with E-state index < -0.39 is 12.1 Å². The van der Waals surface area contributed by atoms with Crippen molar-refractivity contribution in [2.45, 2.75) is 0 Å². The molecule has 6 N–H and O–H groups in total. The number of anilines is 2. The van der Waals surface area contributed by atoms with E-state index in [4.69, 9.17) is 16.6 Å². The van der Waals surface area contributed by atoms with Gasteiger partial charge in [-0.25, -0.2) is 14.6 Å². The van der Waals surface area contributed by atoms with Gasteiger partial charge in [0, 0.05) is 6.20 Å². The third kappa shape index (κ3) is 3.52. The monoisotopic (exact) mass is 240 g/mol. The van der Waals surface area contributed by atoms with Crippen LogP contribution in [0.4, 0.5) is 16.3 Å². The van der Waals surface area contributed by atoms with Crippen LogP contribution in [0.3, 0.4) is 0 Å². The predicted octanol–water partition coefficient (Wildman–Crippen LogP) is -0.131. The molecular weight excluding hydrogens is 228 g/mol. The summed E-state index contributed by atoms with van der Waals surface area (Å²) in [5.74, 6) is -0.917. The van der Waals surface area contributed by atoms with Crippen molar-refractivity contribution in [2.24, 2.45) is 5.73 Å². The Morgan fingerprint density at radius 2 is 2.24 bits per heavy atom. The number of carboxylic acids is 1. The smallest absolute Gasteiger partial charge is 0.404 e. The van der Waals surface area contributed by atoms with Gasteiger partial charge >= 0.3 is 12.1 Å². The number of aromatic nitrogens is 1. The summed E-state index contributed by atoms with van der Waals surface area (Å²) in [7, 11) is 0. The number of hydrogen-bond acceptors (Lipinski definition) is 6. The SMILES string of the molecule is NC(=O)OCCNc1nccc(C(=O)O)c1N. The Hall–Kier alpha value is -2.51. The van der Waals surface area contributed by atoms with Gasteiger partial charge < -0.3 is 26.6 Å². The van der Waals surface area contributed by atoms with Crippen LogP contribution < -0.4 is 16.8 Å². The van der Waals surface area contributed by atoms with E-state index in [1.54, 1.807) is 0 Å². The minimum absolute atomic E-state index is 0.0269. The molecule has 0 radical (unpaired) electrons. The van der Waals surface area contributed by atoms with E-state index in [1.807, 2.05) is 0 Å². The number of nitrogens with two attached hydrogens (primary N) is 2. The van der Waals surface area contributed by atoms with E-state index >= 15 is 0 Å². The van der Waals surface area contributed by atoms with Crippen LogP contribution >= 0.6 is 0 Å². The molecule has 92 valence electrons. The fraction of sp³-hybridized carbons (Fsp3) is 0.222. The van der Waals surface area contributed by atoms with Gasteiger partial charge in [-0.15, -0.1) is 0 Å². The average Bonchev–Trinajstić information content (AvgIpc) is 2.25. The molecule has 0 spiro atoms. The van der Waals surface area contributed by atoms with Gasteiger partial charge in [-0.3, -0.25) is 0 Å². The van der Waals surface area contributed by atoms with E-state index in [0.29, 0.717) is 0 Å². The highest BCUT2D eigenvalue weighted by atomic mass is 16.5. The van der Waals surface area contributed by atoms with Crippen LogP contribution in [0.1, 0.15) is 10.4 Å².